The number of fused-ring (bicyclic) bond motifs is 1. The van der Waals surface area contributed by atoms with Gasteiger partial charge >= 0.3 is 0 Å². The number of carbonyl (C=O) groups excluding carboxylic acids is 1. The van der Waals surface area contributed by atoms with Crippen molar-refractivity contribution in [3.63, 3.8) is 0 Å². The number of nitrogens with one attached hydrogen (secondary N) is 1. The molecule has 1 N–H and O–H groups in total. The highest BCUT2D eigenvalue weighted by Crippen LogP contribution is 2.22. The number of halogens is 1. The van der Waals surface area contributed by atoms with E-state index in [1.807, 2.05) is 24.3 Å². The number of amides is 1. The number of nitrogens with zero attached hydrogens (tertiary/aromatic N) is 1. The topological polar surface area (TPSA) is 51.2 Å². The van der Waals surface area contributed by atoms with Gasteiger partial charge in [0.25, 0.3) is 5.91 Å². The van der Waals surface area contributed by atoms with Crippen molar-refractivity contribution in [1.29, 1.82) is 0 Å². The third-order valence-corrected chi connectivity index (χ3v) is 4.11. The van der Waals surface area contributed by atoms with Crippen LogP contribution in [0, 0.1) is 5.92 Å². The molecule has 1 fully saturated rings. The van der Waals surface area contributed by atoms with E-state index in [1.165, 1.54) is 0 Å². The average Bonchev–Trinajstić information content (AvgIpc) is 2.53. The van der Waals surface area contributed by atoms with E-state index in [4.69, 9.17) is 16.3 Å². The molecule has 2 aromatic rings. The first kappa shape index (κ1) is 14.3. The summed E-state index contributed by atoms with van der Waals surface area (Å²) >= 11 is 6.15. The molecule has 0 aliphatic carbocycles. The number of ether oxygens (including phenoxy) is 1. The second-order valence-electron chi connectivity index (χ2n) is 5.29. The molecule has 1 aliphatic heterocycles. The standard InChI is InChI=1S/C16H17ClN2O2/c17-15-13-4-2-1-3-12(13)9-14(19-15)16(20)18-10-11-5-7-21-8-6-11/h1-4,9,11H,5-8,10H2,(H,18,20). The number of aromatic nitrogens is 1. The molecule has 0 spiro atoms. The molecule has 1 saturated heterocycles. The Hall–Kier alpha value is -1.65. The SMILES string of the molecule is O=C(NCC1CCOCC1)c1cc2ccccc2c(Cl)n1. The molecule has 1 amide bonds. The highest BCUT2D eigenvalue weighted by atomic mass is 35.5. The summed E-state index contributed by atoms with van der Waals surface area (Å²) in [5.41, 5.74) is 0.366. The molecule has 0 saturated carbocycles. The molecule has 3 rings (SSSR count). The molecule has 0 atom stereocenters. The maximum atomic E-state index is 12.2. The van der Waals surface area contributed by atoms with Gasteiger partial charge in [-0.2, -0.15) is 0 Å². The largest absolute Gasteiger partial charge is 0.381 e. The average molecular weight is 305 g/mol. The monoisotopic (exact) mass is 304 g/mol. The summed E-state index contributed by atoms with van der Waals surface area (Å²) in [6.45, 7) is 2.22. The molecule has 0 unspecified atom stereocenters. The van der Waals surface area contributed by atoms with Gasteiger partial charge in [0.2, 0.25) is 0 Å². The minimum Gasteiger partial charge on any atom is -0.381 e. The van der Waals surface area contributed by atoms with E-state index in [0.717, 1.165) is 36.8 Å². The Kier molecular flexibility index (Phi) is 4.36. The van der Waals surface area contributed by atoms with Gasteiger partial charge in [-0.3, -0.25) is 4.79 Å². The van der Waals surface area contributed by atoms with Gasteiger partial charge in [-0.05, 0) is 30.2 Å². The van der Waals surface area contributed by atoms with E-state index in [2.05, 4.69) is 10.3 Å². The molecular formula is C16H17ClN2O2. The predicted molar refractivity (Wildman–Crippen MR) is 82.6 cm³/mol. The number of hydrogen-bond donors (Lipinski definition) is 1. The lowest BCUT2D eigenvalue weighted by molar-refractivity contribution is 0.0642. The Balaban J connectivity index is 1.72. The molecule has 4 nitrogen and oxygen atoms in total. The Morgan fingerprint density at radius 2 is 2.10 bits per heavy atom. The van der Waals surface area contributed by atoms with Crippen LogP contribution >= 0.6 is 11.6 Å². The third-order valence-electron chi connectivity index (χ3n) is 3.82. The number of benzene rings is 1. The van der Waals surface area contributed by atoms with Crippen LogP contribution in [0.15, 0.2) is 30.3 Å². The van der Waals surface area contributed by atoms with Crippen LogP contribution in [0.2, 0.25) is 5.15 Å². The van der Waals surface area contributed by atoms with Crippen molar-refractivity contribution < 1.29 is 9.53 Å². The van der Waals surface area contributed by atoms with Crippen LogP contribution in [0.4, 0.5) is 0 Å². The lowest BCUT2D eigenvalue weighted by atomic mass is 10.0. The number of hydrogen-bond acceptors (Lipinski definition) is 3. The van der Waals surface area contributed by atoms with Crippen LogP contribution in [-0.2, 0) is 4.74 Å². The minimum atomic E-state index is -0.172. The van der Waals surface area contributed by atoms with Crippen molar-refractivity contribution in [3.8, 4) is 0 Å². The highest BCUT2D eigenvalue weighted by Gasteiger charge is 2.16. The molecular weight excluding hydrogens is 288 g/mol. The third kappa shape index (κ3) is 3.34. The van der Waals surface area contributed by atoms with Gasteiger partial charge in [0.05, 0.1) is 0 Å². The van der Waals surface area contributed by atoms with Crippen LogP contribution < -0.4 is 5.32 Å². The first-order valence-corrected chi connectivity index (χ1v) is 7.53. The molecule has 2 heterocycles. The smallest absolute Gasteiger partial charge is 0.269 e. The normalized spacial score (nSPS) is 16.0. The summed E-state index contributed by atoms with van der Waals surface area (Å²) < 4.78 is 5.31. The van der Waals surface area contributed by atoms with Crippen LogP contribution in [0.25, 0.3) is 10.8 Å². The van der Waals surface area contributed by atoms with Gasteiger partial charge in [0, 0.05) is 25.1 Å². The minimum absolute atomic E-state index is 0.172. The van der Waals surface area contributed by atoms with Crippen molar-refractivity contribution in [2.75, 3.05) is 19.8 Å². The maximum Gasteiger partial charge on any atom is 0.269 e. The van der Waals surface area contributed by atoms with Gasteiger partial charge in [-0.15, -0.1) is 0 Å². The molecule has 0 radical (unpaired) electrons. The van der Waals surface area contributed by atoms with Gasteiger partial charge < -0.3 is 10.1 Å². The Morgan fingerprint density at radius 3 is 2.90 bits per heavy atom. The van der Waals surface area contributed by atoms with Crippen molar-refractivity contribution >= 4 is 28.3 Å². The van der Waals surface area contributed by atoms with E-state index < -0.39 is 0 Å². The van der Waals surface area contributed by atoms with Crippen molar-refractivity contribution in [2.45, 2.75) is 12.8 Å². The molecule has 21 heavy (non-hydrogen) atoms. The van der Waals surface area contributed by atoms with E-state index in [9.17, 15) is 4.79 Å². The lowest BCUT2D eigenvalue weighted by Crippen LogP contribution is -2.32. The molecule has 1 aromatic heterocycles. The fraction of sp³-hybridized carbons (Fsp3) is 0.375. The van der Waals surface area contributed by atoms with Gasteiger partial charge in [-0.1, -0.05) is 35.9 Å². The summed E-state index contributed by atoms with van der Waals surface area (Å²) in [7, 11) is 0. The Bertz CT molecular complexity index is 654. The fourth-order valence-electron chi connectivity index (χ4n) is 2.55. The zero-order chi connectivity index (χ0) is 14.7. The van der Waals surface area contributed by atoms with Gasteiger partial charge in [0.15, 0.2) is 0 Å². The predicted octanol–water partition coefficient (Wildman–Crippen LogP) is 3.04. The fourth-order valence-corrected chi connectivity index (χ4v) is 2.81. The zero-order valence-corrected chi connectivity index (χ0v) is 12.4. The summed E-state index contributed by atoms with van der Waals surface area (Å²) in [6, 6.07) is 9.43. The van der Waals surface area contributed by atoms with Gasteiger partial charge in [0.1, 0.15) is 10.8 Å². The number of pyridine rings is 1. The van der Waals surface area contributed by atoms with E-state index >= 15 is 0 Å². The summed E-state index contributed by atoms with van der Waals surface area (Å²) in [4.78, 5) is 16.4. The second-order valence-corrected chi connectivity index (χ2v) is 5.64. The van der Waals surface area contributed by atoms with Crippen LogP contribution in [0.1, 0.15) is 23.3 Å². The van der Waals surface area contributed by atoms with Crippen LogP contribution in [0.3, 0.4) is 0 Å². The van der Waals surface area contributed by atoms with Crippen molar-refractivity contribution in [1.82, 2.24) is 10.3 Å². The summed E-state index contributed by atoms with van der Waals surface area (Å²) in [5.74, 6) is 0.313. The number of carbonyl (C=O) groups is 1. The first-order valence-electron chi connectivity index (χ1n) is 7.15. The second kappa shape index (κ2) is 6.41. The summed E-state index contributed by atoms with van der Waals surface area (Å²) in [6.07, 6.45) is 1.98. The van der Waals surface area contributed by atoms with Gasteiger partial charge in [-0.25, -0.2) is 4.98 Å². The van der Waals surface area contributed by atoms with Crippen LogP contribution in [-0.4, -0.2) is 30.6 Å². The van der Waals surface area contributed by atoms with Crippen LogP contribution in [0.5, 0.6) is 0 Å². The Morgan fingerprint density at radius 1 is 1.33 bits per heavy atom. The zero-order valence-electron chi connectivity index (χ0n) is 11.6. The lowest BCUT2D eigenvalue weighted by Gasteiger charge is -2.22. The quantitative estimate of drug-likeness (QED) is 0.887. The first-order chi connectivity index (χ1) is 10.2. The van der Waals surface area contributed by atoms with E-state index in [1.54, 1.807) is 6.07 Å². The summed E-state index contributed by atoms with van der Waals surface area (Å²) in [5, 5.41) is 5.10. The Labute approximate surface area is 128 Å². The van der Waals surface area contributed by atoms with E-state index in [0.29, 0.717) is 23.3 Å². The number of rotatable bonds is 3. The molecule has 110 valence electrons. The van der Waals surface area contributed by atoms with Crippen molar-refractivity contribution in [3.05, 3.63) is 41.2 Å². The highest BCUT2D eigenvalue weighted by molar-refractivity contribution is 6.34. The molecule has 1 aliphatic rings. The molecule has 1 aromatic carbocycles. The molecule has 5 heteroatoms. The maximum absolute atomic E-state index is 12.2. The van der Waals surface area contributed by atoms with Crippen molar-refractivity contribution in [2.24, 2.45) is 5.92 Å². The molecule has 0 bridgehead atoms. The van der Waals surface area contributed by atoms with E-state index in [-0.39, 0.29) is 5.91 Å².